The Balaban J connectivity index is 2.99. The van der Waals surface area contributed by atoms with E-state index in [2.05, 4.69) is 19.0 Å². The highest BCUT2D eigenvalue weighted by molar-refractivity contribution is 7.99. The quantitative estimate of drug-likeness (QED) is 0.287. The van der Waals surface area contributed by atoms with Gasteiger partial charge in [0, 0.05) is 21.2 Å². The summed E-state index contributed by atoms with van der Waals surface area (Å²) in [6.07, 6.45) is 0. The molecule has 3 nitrogen and oxygen atoms in total. The minimum absolute atomic E-state index is 0.114. The Labute approximate surface area is 105 Å². The summed E-state index contributed by atoms with van der Waals surface area (Å²) in [4.78, 5) is 0.941. The number of rotatable bonds is 4. The highest BCUT2D eigenvalue weighted by Crippen LogP contribution is 2.27. The molecule has 0 atom stereocenters. The van der Waals surface area contributed by atoms with Crippen LogP contribution in [0.1, 0.15) is 19.4 Å². The normalized spacial score (nSPS) is 12.1. The lowest BCUT2D eigenvalue weighted by Gasteiger charge is -2.09. The van der Waals surface area contributed by atoms with E-state index in [1.165, 1.54) is 0 Å². The second-order valence-electron chi connectivity index (χ2n) is 3.83. The summed E-state index contributed by atoms with van der Waals surface area (Å²) in [6.45, 7) is 4.28. The highest BCUT2D eigenvalue weighted by atomic mass is 35.5. The first kappa shape index (κ1) is 13.2. The predicted octanol–water partition coefficient (Wildman–Crippen LogP) is 3.18. The second kappa shape index (κ2) is 6.01. The lowest BCUT2D eigenvalue weighted by molar-refractivity contribution is 0.318. The van der Waals surface area contributed by atoms with Crippen molar-refractivity contribution in [1.82, 2.24) is 0 Å². The van der Waals surface area contributed by atoms with Crippen LogP contribution in [0.15, 0.2) is 28.3 Å². The third-order valence-corrected chi connectivity index (χ3v) is 3.62. The third-order valence-electron chi connectivity index (χ3n) is 1.90. The van der Waals surface area contributed by atoms with Crippen LogP contribution in [-0.2, 0) is 0 Å². The van der Waals surface area contributed by atoms with Gasteiger partial charge in [-0.05, 0) is 24.1 Å². The minimum atomic E-state index is 0.114. The summed E-state index contributed by atoms with van der Waals surface area (Å²) in [6, 6.07) is 5.33. The maximum Gasteiger partial charge on any atom is 0.171 e. The van der Waals surface area contributed by atoms with Crippen LogP contribution >= 0.6 is 23.4 Å². The first-order valence-electron chi connectivity index (χ1n) is 4.95. The largest absolute Gasteiger partial charge is 0.409 e. The molecule has 0 saturated heterocycles. The number of hydrogen-bond donors (Lipinski definition) is 2. The molecule has 0 bridgehead atoms. The van der Waals surface area contributed by atoms with E-state index in [4.69, 9.17) is 22.5 Å². The van der Waals surface area contributed by atoms with Crippen molar-refractivity contribution in [1.29, 1.82) is 0 Å². The van der Waals surface area contributed by atoms with Gasteiger partial charge in [0.05, 0.1) is 0 Å². The number of thioether (sulfide) groups is 1. The molecule has 0 saturated carbocycles. The van der Waals surface area contributed by atoms with Crippen LogP contribution in [0.3, 0.4) is 0 Å². The Morgan fingerprint density at radius 1 is 1.56 bits per heavy atom. The molecule has 0 aliphatic heterocycles. The molecule has 88 valence electrons. The topological polar surface area (TPSA) is 58.6 Å². The Morgan fingerprint density at radius 2 is 2.25 bits per heavy atom. The molecular weight excluding hydrogens is 244 g/mol. The maximum atomic E-state index is 8.68. The van der Waals surface area contributed by atoms with Gasteiger partial charge in [-0.15, -0.1) is 11.8 Å². The Kier molecular flexibility index (Phi) is 4.96. The van der Waals surface area contributed by atoms with E-state index >= 15 is 0 Å². The van der Waals surface area contributed by atoms with Gasteiger partial charge < -0.3 is 10.9 Å². The van der Waals surface area contributed by atoms with Crippen molar-refractivity contribution >= 4 is 29.2 Å². The van der Waals surface area contributed by atoms with Crippen molar-refractivity contribution in [3.05, 3.63) is 28.8 Å². The average molecular weight is 259 g/mol. The van der Waals surface area contributed by atoms with Crippen LogP contribution in [0, 0.1) is 5.92 Å². The molecule has 0 radical (unpaired) electrons. The summed E-state index contributed by atoms with van der Waals surface area (Å²) in [5.41, 5.74) is 6.32. The smallest absolute Gasteiger partial charge is 0.171 e. The fourth-order valence-electron chi connectivity index (χ4n) is 1.14. The predicted molar refractivity (Wildman–Crippen MR) is 69.5 cm³/mol. The standard InChI is InChI=1S/C11H15ClN2OS/c1-7(2)6-16-10-5-8(12)3-4-9(10)11(13)14-15/h3-5,7,15H,6H2,1-2H3,(H2,13,14). The SMILES string of the molecule is CC(C)CSc1cc(Cl)ccc1C(N)=NO. The molecule has 0 unspecified atom stereocenters. The van der Waals surface area contributed by atoms with E-state index in [1.807, 2.05) is 6.07 Å². The molecular formula is C11H15ClN2OS. The van der Waals surface area contributed by atoms with E-state index in [9.17, 15) is 0 Å². The molecule has 0 aliphatic carbocycles. The first-order valence-corrected chi connectivity index (χ1v) is 6.31. The third kappa shape index (κ3) is 3.61. The second-order valence-corrected chi connectivity index (χ2v) is 5.33. The lowest BCUT2D eigenvalue weighted by Crippen LogP contribution is -2.14. The van der Waals surface area contributed by atoms with Crippen molar-refractivity contribution in [2.75, 3.05) is 5.75 Å². The summed E-state index contributed by atoms with van der Waals surface area (Å²) in [5.74, 6) is 1.65. The number of amidine groups is 1. The van der Waals surface area contributed by atoms with Crippen molar-refractivity contribution in [3.8, 4) is 0 Å². The molecule has 1 rings (SSSR count). The average Bonchev–Trinajstić information content (AvgIpc) is 2.25. The maximum absolute atomic E-state index is 8.68. The number of nitrogens with zero attached hydrogens (tertiary/aromatic N) is 1. The van der Waals surface area contributed by atoms with Crippen molar-refractivity contribution in [2.45, 2.75) is 18.7 Å². The van der Waals surface area contributed by atoms with Crippen LogP contribution in [0.2, 0.25) is 5.02 Å². The zero-order chi connectivity index (χ0) is 12.1. The van der Waals surface area contributed by atoms with Crippen LogP contribution in [0.4, 0.5) is 0 Å². The van der Waals surface area contributed by atoms with Crippen molar-refractivity contribution < 1.29 is 5.21 Å². The highest BCUT2D eigenvalue weighted by Gasteiger charge is 2.09. The summed E-state index contributed by atoms with van der Waals surface area (Å²) in [5, 5.41) is 12.3. The monoisotopic (exact) mass is 258 g/mol. The molecule has 0 heterocycles. The van der Waals surface area contributed by atoms with Crippen molar-refractivity contribution in [2.24, 2.45) is 16.8 Å². The Morgan fingerprint density at radius 3 is 2.81 bits per heavy atom. The number of oxime groups is 1. The number of benzene rings is 1. The van der Waals surface area contributed by atoms with Crippen LogP contribution in [-0.4, -0.2) is 16.8 Å². The van der Waals surface area contributed by atoms with E-state index in [0.717, 1.165) is 16.2 Å². The van der Waals surface area contributed by atoms with Crippen LogP contribution in [0.5, 0.6) is 0 Å². The Hall–Kier alpha value is -0.870. The molecule has 1 aromatic carbocycles. The molecule has 5 heteroatoms. The van der Waals surface area contributed by atoms with Gasteiger partial charge in [0.1, 0.15) is 0 Å². The van der Waals surface area contributed by atoms with Gasteiger partial charge in [-0.1, -0.05) is 30.6 Å². The molecule has 0 aliphatic rings. The number of hydrogen-bond acceptors (Lipinski definition) is 3. The van der Waals surface area contributed by atoms with Gasteiger partial charge in [-0.2, -0.15) is 0 Å². The fourth-order valence-corrected chi connectivity index (χ4v) is 2.43. The van der Waals surface area contributed by atoms with Gasteiger partial charge in [0.2, 0.25) is 0 Å². The van der Waals surface area contributed by atoms with E-state index in [-0.39, 0.29) is 5.84 Å². The summed E-state index contributed by atoms with van der Waals surface area (Å²) < 4.78 is 0. The molecule has 16 heavy (non-hydrogen) atoms. The number of nitrogens with two attached hydrogens (primary N) is 1. The van der Waals surface area contributed by atoms with Crippen molar-refractivity contribution in [3.63, 3.8) is 0 Å². The Bertz CT molecular complexity index is 394. The van der Waals surface area contributed by atoms with Gasteiger partial charge in [-0.25, -0.2) is 0 Å². The molecule has 0 fully saturated rings. The van der Waals surface area contributed by atoms with Gasteiger partial charge in [-0.3, -0.25) is 0 Å². The van der Waals surface area contributed by atoms with Gasteiger partial charge >= 0.3 is 0 Å². The fraction of sp³-hybridized carbons (Fsp3) is 0.364. The molecule has 3 N–H and O–H groups in total. The summed E-state index contributed by atoms with van der Waals surface area (Å²) in [7, 11) is 0. The molecule has 0 aromatic heterocycles. The minimum Gasteiger partial charge on any atom is -0.409 e. The molecule has 1 aromatic rings. The summed E-state index contributed by atoms with van der Waals surface area (Å²) >= 11 is 7.58. The zero-order valence-electron chi connectivity index (χ0n) is 9.27. The van der Waals surface area contributed by atoms with E-state index < -0.39 is 0 Å². The van der Waals surface area contributed by atoms with E-state index in [0.29, 0.717) is 10.9 Å². The lowest BCUT2D eigenvalue weighted by atomic mass is 10.2. The number of halogens is 1. The van der Waals surface area contributed by atoms with Crippen LogP contribution < -0.4 is 5.73 Å². The molecule has 0 amide bonds. The first-order chi connectivity index (χ1) is 7.54. The van der Waals surface area contributed by atoms with Crippen LogP contribution in [0.25, 0.3) is 0 Å². The molecule has 0 spiro atoms. The van der Waals surface area contributed by atoms with Gasteiger partial charge in [0.25, 0.3) is 0 Å². The zero-order valence-corrected chi connectivity index (χ0v) is 10.8. The van der Waals surface area contributed by atoms with E-state index in [1.54, 1.807) is 23.9 Å². The van der Waals surface area contributed by atoms with Gasteiger partial charge in [0.15, 0.2) is 5.84 Å².